The van der Waals surface area contributed by atoms with Gasteiger partial charge in [-0.2, -0.15) is 0 Å². The van der Waals surface area contributed by atoms with Gasteiger partial charge in [0.05, 0.1) is 13.2 Å². The summed E-state index contributed by atoms with van der Waals surface area (Å²) >= 11 is 0. The maximum atomic E-state index is 5.37. The molecule has 1 N–H and O–H groups in total. The Balaban J connectivity index is 2.69. The van der Waals surface area contributed by atoms with Crippen LogP contribution in [0.3, 0.4) is 0 Å². The molecular weight excluding hydrogens is 174 g/mol. The first kappa shape index (κ1) is 10.6. The van der Waals surface area contributed by atoms with Gasteiger partial charge in [0.2, 0.25) is 0 Å². The van der Waals surface area contributed by atoms with E-state index in [2.05, 4.69) is 17.2 Å². The number of hydrogen-bond acceptors (Lipinski definition) is 2. The molecule has 0 aliphatic heterocycles. The van der Waals surface area contributed by atoms with E-state index < -0.39 is 0 Å². The van der Waals surface area contributed by atoms with E-state index in [4.69, 9.17) is 4.74 Å². The molecule has 1 aromatic carbocycles. The molecule has 0 aliphatic carbocycles. The Morgan fingerprint density at radius 3 is 3.00 bits per heavy atom. The van der Waals surface area contributed by atoms with Crippen LogP contribution in [0.4, 0.5) is 0 Å². The summed E-state index contributed by atoms with van der Waals surface area (Å²) in [5.41, 5.74) is 0.992. The van der Waals surface area contributed by atoms with Gasteiger partial charge in [-0.1, -0.05) is 17.9 Å². The van der Waals surface area contributed by atoms with Crippen molar-refractivity contribution in [3.8, 4) is 17.6 Å². The highest BCUT2D eigenvalue weighted by Gasteiger charge is 1.91. The van der Waals surface area contributed by atoms with Crippen molar-refractivity contribution in [1.82, 2.24) is 5.32 Å². The highest BCUT2D eigenvalue weighted by molar-refractivity contribution is 5.39. The quantitative estimate of drug-likeness (QED) is 0.730. The molecule has 0 saturated heterocycles. The van der Waals surface area contributed by atoms with E-state index in [1.54, 1.807) is 0 Å². The molecule has 2 heteroatoms. The van der Waals surface area contributed by atoms with Crippen LogP contribution >= 0.6 is 0 Å². The Morgan fingerprint density at radius 2 is 2.29 bits per heavy atom. The molecule has 0 atom stereocenters. The van der Waals surface area contributed by atoms with Crippen LogP contribution in [-0.2, 0) is 0 Å². The number of hydrogen-bond donors (Lipinski definition) is 1. The Bertz CT molecular complexity index is 336. The van der Waals surface area contributed by atoms with Gasteiger partial charge in [-0.25, -0.2) is 0 Å². The lowest BCUT2D eigenvalue weighted by atomic mass is 10.2. The second-order valence-electron chi connectivity index (χ2n) is 2.79. The topological polar surface area (TPSA) is 21.3 Å². The van der Waals surface area contributed by atoms with E-state index in [1.165, 1.54) is 0 Å². The van der Waals surface area contributed by atoms with Gasteiger partial charge in [0.15, 0.2) is 0 Å². The molecule has 74 valence electrons. The van der Waals surface area contributed by atoms with Crippen LogP contribution in [0.5, 0.6) is 5.75 Å². The molecule has 0 bridgehead atoms. The van der Waals surface area contributed by atoms with Crippen molar-refractivity contribution in [2.75, 3.05) is 20.2 Å². The van der Waals surface area contributed by atoms with E-state index in [0.717, 1.165) is 11.3 Å². The van der Waals surface area contributed by atoms with Crippen LogP contribution in [-0.4, -0.2) is 20.2 Å². The van der Waals surface area contributed by atoms with Crippen molar-refractivity contribution >= 4 is 0 Å². The lowest BCUT2D eigenvalue weighted by Crippen LogP contribution is -2.04. The number of ether oxygens (including phenoxy) is 1. The average molecular weight is 189 g/mol. The van der Waals surface area contributed by atoms with Crippen LogP contribution in [0, 0.1) is 11.8 Å². The van der Waals surface area contributed by atoms with E-state index in [0.29, 0.717) is 13.2 Å². The summed E-state index contributed by atoms with van der Waals surface area (Å²) in [5.74, 6) is 6.93. The Hall–Kier alpha value is -1.46. The van der Waals surface area contributed by atoms with Gasteiger partial charge < -0.3 is 10.1 Å². The fraction of sp³-hybridized carbons (Fsp3) is 0.333. The van der Waals surface area contributed by atoms with Crippen molar-refractivity contribution in [2.45, 2.75) is 6.92 Å². The van der Waals surface area contributed by atoms with Gasteiger partial charge in [0.25, 0.3) is 0 Å². The second kappa shape index (κ2) is 6.06. The van der Waals surface area contributed by atoms with Gasteiger partial charge in [0, 0.05) is 5.56 Å². The maximum Gasteiger partial charge on any atom is 0.120 e. The maximum absolute atomic E-state index is 5.37. The van der Waals surface area contributed by atoms with Crippen molar-refractivity contribution in [3.05, 3.63) is 29.8 Å². The minimum Gasteiger partial charge on any atom is -0.494 e. The Morgan fingerprint density at radius 1 is 1.43 bits per heavy atom. The predicted octanol–water partition coefficient (Wildman–Crippen LogP) is 1.66. The summed E-state index contributed by atoms with van der Waals surface area (Å²) < 4.78 is 5.37. The lowest BCUT2D eigenvalue weighted by Gasteiger charge is -2.01. The molecule has 1 rings (SSSR count). The lowest BCUT2D eigenvalue weighted by molar-refractivity contribution is 0.340. The normalized spacial score (nSPS) is 9.00. The molecule has 0 aromatic heterocycles. The third-order valence-electron chi connectivity index (χ3n) is 1.64. The summed E-state index contributed by atoms with van der Waals surface area (Å²) in [4.78, 5) is 0. The highest BCUT2D eigenvalue weighted by Crippen LogP contribution is 2.11. The Kier molecular flexibility index (Phi) is 4.60. The molecule has 0 spiro atoms. The van der Waals surface area contributed by atoms with Gasteiger partial charge in [0.1, 0.15) is 5.75 Å². The molecule has 0 aliphatic rings. The Labute approximate surface area is 85.3 Å². The van der Waals surface area contributed by atoms with Crippen LogP contribution in [0.2, 0.25) is 0 Å². The van der Waals surface area contributed by atoms with Crippen molar-refractivity contribution < 1.29 is 4.74 Å². The summed E-state index contributed by atoms with van der Waals surface area (Å²) in [6, 6.07) is 7.82. The van der Waals surface area contributed by atoms with Gasteiger partial charge >= 0.3 is 0 Å². The molecule has 14 heavy (non-hydrogen) atoms. The third kappa shape index (κ3) is 3.51. The van der Waals surface area contributed by atoms with Crippen molar-refractivity contribution in [3.63, 3.8) is 0 Å². The number of benzene rings is 1. The van der Waals surface area contributed by atoms with Crippen LogP contribution in [0.15, 0.2) is 24.3 Å². The molecule has 1 aromatic rings. The zero-order valence-corrected chi connectivity index (χ0v) is 8.63. The minimum atomic E-state index is 0.688. The number of rotatable bonds is 3. The molecular formula is C12H15NO. The fourth-order valence-electron chi connectivity index (χ4n) is 1.06. The van der Waals surface area contributed by atoms with Crippen molar-refractivity contribution in [1.29, 1.82) is 0 Å². The van der Waals surface area contributed by atoms with Gasteiger partial charge in [-0.3, -0.25) is 0 Å². The van der Waals surface area contributed by atoms with E-state index in [9.17, 15) is 0 Å². The van der Waals surface area contributed by atoms with Crippen LogP contribution in [0.1, 0.15) is 12.5 Å². The van der Waals surface area contributed by atoms with Gasteiger partial charge in [-0.15, -0.1) is 0 Å². The smallest absolute Gasteiger partial charge is 0.120 e. The minimum absolute atomic E-state index is 0.688. The second-order valence-corrected chi connectivity index (χ2v) is 2.79. The molecule has 0 amide bonds. The first-order valence-corrected chi connectivity index (χ1v) is 4.73. The van der Waals surface area contributed by atoms with Crippen molar-refractivity contribution in [2.24, 2.45) is 0 Å². The largest absolute Gasteiger partial charge is 0.494 e. The molecule has 2 nitrogen and oxygen atoms in total. The van der Waals surface area contributed by atoms with E-state index in [1.807, 2.05) is 38.2 Å². The molecule has 0 saturated carbocycles. The van der Waals surface area contributed by atoms with E-state index in [-0.39, 0.29) is 0 Å². The standard InChI is InChI=1S/C12H15NO/c1-3-14-12-8-4-6-11(10-12)7-5-9-13-2/h4,6,8,10,13H,3,9H2,1-2H3. The first-order chi connectivity index (χ1) is 6.86. The zero-order valence-electron chi connectivity index (χ0n) is 8.63. The SMILES string of the molecule is CCOc1cccc(C#CCNC)c1. The fourth-order valence-corrected chi connectivity index (χ4v) is 1.06. The van der Waals surface area contributed by atoms with Crippen LogP contribution < -0.4 is 10.1 Å². The highest BCUT2D eigenvalue weighted by atomic mass is 16.5. The van der Waals surface area contributed by atoms with E-state index >= 15 is 0 Å². The summed E-state index contributed by atoms with van der Waals surface area (Å²) in [6.45, 7) is 3.37. The molecule has 0 radical (unpaired) electrons. The number of nitrogens with one attached hydrogen (secondary N) is 1. The summed E-state index contributed by atoms with van der Waals surface area (Å²) in [6.07, 6.45) is 0. The van der Waals surface area contributed by atoms with Gasteiger partial charge in [-0.05, 0) is 32.2 Å². The summed E-state index contributed by atoms with van der Waals surface area (Å²) in [5, 5.41) is 2.97. The molecule has 0 fully saturated rings. The average Bonchev–Trinajstić information content (AvgIpc) is 2.19. The first-order valence-electron chi connectivity index (χ1n) is 4.73. The third-order valence-corrected chi connectivity index (χ3v) is 1.64. The monoisotopic (exact) mass is 189 g/mol. The predicted molar refractivity (Wildman–Crippen MR) is 58.4 cm³/mol. The summed E-state index contributed by atoms with van der Waals surface area (Å²) in [7, 11) is 1.88. The molecule has 0 unspecified atom stereocenters. The molecule has 0 heterocycles. The zero-order chi connectivity index (χ0) is 10.2. The van der Waals surface area contributed by atoms with Crippen LogP contribution in [0.25, 0.3) is 0 Å².